The van der Waals surface area contributed by atoms with E-state index in [-0.39, 0.29) is 30.4 Å². The number of ether oxygens (including phenoxy) is 1. The second-order valence-electron chi connectivity index (χ2n) is 7.15. The number of amides is 1. The van der Waals surface area contributed by atoms with Gasteiger partial charge in [0.15, 0.2) is 15.5 Å². The Labute approximate surface area is 159 Å². The number of aryl methyl sites for hydroxylation is 1. The van der Waals surface area contributed by atoms with E-state index in [0.29, 0.717) is 17.7 Å². The van der Waals surface area contributed by atoms with Crippen LogP contribution >= 0.6 is 0 Å². The van der Waals surface area contributed by atoms with Crippen molar-refractivity contribution in [1.29, 1.82) is 0 Å². The summed E-state index contributed by atoms with van der Waals surface area (Å²) in [4.78, 5) is 12.8. The molecule has 0 saturated heterocycles. The Hall–Kier alpha value is -2.19. The van der Waals surface area contributed by atoms with Crippen LogP contribution in [0, 0.1) is 0 Å². The summed E-state index contributed by atoms with van der Waals surface area (Å²) in [6.45, 7) is 4.19. The Bertz CT molecular complexity index is 965. The normalized spacial score (nSPS) is 19.6. The molecule has 1 aromatic carbocycles. The maximum atomic E-state index is 12.8. The van der Waals surface area contributed by atoms with Gasteiger partial charge < -0.3 is 10.1 Å². The molecule has 27 heavy (non-hydrogen) atoms. The lowest BCUT2D eigenvalue weighted by Crippen LogP contribution is -2.28. The fourth-order valence-corrected chi connectivity index (χ4v) is 4.48. The number of nitrogens with zero attached hydrogens (tertiary/aromatic N) is 2. The lowest BCUT2D eigenvalue weighted by atomic mass is 9.99. The standard InChI is InChI=1S/C19H25N3O4S/c1-12-9-16-17(21-22(3)18(16)13(2)26-12)19(23)20-10-14-7-5-6-8-15(14)11-27(4,24)25/h5-8,12-13H,9-11H2,1-4H3,(H,20,23)/t12-,13+/m1/s1. The highest BCUT2D eigenvalue weighted by Gasteiger charge is 2.31. The maximum Gasteiger partial charge on any atom is 0.272 e. The average Bonchev–Trinajstić information content (AvgIpc) is 2.89. The lowest BCUT2D eigenvalue weighted by Gasteiger charge is -2.26. The van der Waals surface area contributed by atoms with Crippen LogP contribution in [0.15, 0.2) is 24.3 Å². The quantitative estimate of drug-likeness (QED) is 0.841. The fraction of sp³-hybridized carbons (Fsp3) is 0.474. The first kappa shape index (κ1) is 19.6. The zero-order chi connectivity index (χ0) is 19.8. The van der Waals surface area contributed by atoms with Crippen molar-refractivity contribution in [1.82, 2.24) is 15.1 Å². The third-order valence-corrected chi connectivity index (χ3v) is 5.53. The van der Waals surface area contributed by atoms with Crippen molar-refractivity contribution in [2.45, 2.75) is 44.8 Å². The van der Waals surface area contributed by atoms with E-state index < -0.39 is 9.84 Å². The molecule has 0 bridgehead atoms. The molecule has 0 radical (unpaired) electrons. The van der Waals surface area contributed by atoms with E-state index in [9.17, 15) is 13.2 Å². The number of fused-ring (bicyclic) bond motifs is 1. The van der Waals surface area contributed by atoms with Gasteiger partial charge in [-0.25, -0.2) is 8.42 Å². The molecule has 3 rings (SSSR count). The summed E-state index contributed by atoms with van der Waals surface area (Å²) in [6.07, 6.45) is 1.76. The summed E-state index contributed by atoms with van der Waals surface area (Å²) in [5, 5.41) is 7.28. The van der Waals surface area contributed by atoms with Gasteiger partial charge in [0.2, 0.25) is 0 Å². The van der Waals surface area contributed by atoms with Gasteiger partial charge in [-0.1, -0.05) is 24.3 Å². The van der Waals surface area contributed by atoms with Gasteiger partial charge >= 0.3 is 0 Å². The summed E-state index contributed by atoms with van der Waals surface area (Å²) >= 11 is 0. The fourth-order valence-electron chi connectivity index (χ4n) is 3.63. The molecule has 0 unspecified atom stereocenters. The zero-order valence-electron chi connectivity index (χ0n) is 16.0. The largest absolute Gasteiger partial charge is 0.369 e. The lowest BCUT2D eigenvalue weighted by molar-refractivity contribution is -0.00903. The van der Waals surface area contributed by atoms with Gasteiger partial charge in [-0.3, -0.25) is 9.48 Å². The van der Waals surface area contributed by atoms with Gasteiger partial charge in [0, 0.05) is 31.8 Å². The molecule has 2 aromatic rings. The van der Waals surface area contributed by atoms with Gasteiger partial charge in [-0.2, -0.15) is 5.10 Å². The van der Waals surface area contributed by atoms with Crippen LogP contribution in [0.4, 0.5) is 0 Å². The molecule has 1 N–H and O–H groups in total. The topological polar surface area (TPSA) is 90.3 Å². The zero-order valence-corrected chi connectivity index (χ0v) is 16.8. The van der Waals surface area contributed by atoms with Crippen molar-refractivity contribution in [2.24, 2.45) is 7.05 Å². The highest BCUT2D eigenvalue weighted by atomic mass is 32.2. The maximum absolute atomic E-state index is 12.8. The van der Waals surface area contributed by atoms with Crippen molar-refractivity contribution >= 4 is 15.7 Å². The van der Waals surface area contributed by atoms with Gasteiger partial charge in [-0.05, 0) is 25.0 Å². The van der Waals surface area contributed by atoms with Gasteiger partial charge in [0.1, 0.15) is 0 Å². The molecule has 7 nitrogen and oxygen atoms in total. The number of carbonyl (C=O) groups excluding carboxylic acids is 1. The second-order valence-corrected chi connectivity index (χ2v) is 9.29. The minimum absolute atomic E-state index is 0.0266. The number of sulfone groups is 1. The molecule has 0 spiro atoms. The summed E-state index contributed by atoms with van der Waals surface area (Å²) in [7, 11) is -1.34. The monoisotopic (exact) mass is 391 g/mol. The van der Waals surface area contributed by atoms with Crippen molar-refractivity contribution in [3.8, 4) is 0 Å². The predicted octanol–water partition coefficient (Wildman–Crippen LogP) is 1.92. The molecular weight excluding hydrogens is 366 g/mol. The third kappa shape index (κ3) is 4.39. The molecule has 0 fully saturated rings. The van der Waals surface area contributed by atoms with Gasteiger partial charge in [0.25, 0.3) is 5.91 Å². The van der Waals surface area contributed by atoms with E-state index >= 15 is 0 Å². The Balaban J connectivity index is 1.80. The number of carbonyl (C=O) groups is 1. The first-order chi connectivity index (χ1) is 12.7. The van der Waals surface area contributed by atoms with Crippen LogP contribution in [0.3, 0.4) is 0 Å². The van der Waals surface area contributed by atoms with Crippen LogP contribution in [0.2, 0.25) is 0 Å². The number of hydrogen-bond acceptors (Lipinski definition) is 5. The minimum Gasteiger partial charge on any atom is -0.369 e. The van der Waals surface area contributed by atoms with Crippen LogP contribution in [0.1, 0.15) is 52.8 Å². The van der Waals surface area contributed by atoms with Crippen LogP contribution in [-0.2, 0) is 40.3 Å². The van der Waals surface area contributed by atoms with Crippen molar-refractivity contribution in [3.63, 3.8) is 0 Å². The highest BCUT2D eigenvalue weighted by Crippen LogP contribution is 2.31. The minimum atomic E-state index is -3.15. The van der Waals surface area contributed by atoms with E-state index in [2.05, 4.69) is 10.4 Å². The molecule has 8 heteroatoms. The average molecular weight is 391 g/mol. The number of nitrogens with one attached hydrogen (secondary N) is 1. The van der Waals surface area contributed by atoms with E-state index in [0.717, 1.165) is 16.8 Å². The van der Waals surface area contributed by atoms with Gasteiger partial charge in [0.05, 0.1) is 23.7 Å². The first-order valence-corrected chi connectivity index (χ1v) is 11.0. The molecule has 1 aliphatic rings. The van der Waals surface area contributed by atoms with Crippen LogP contribution < -0.4 is 5.32 Å². The summed E-state index contributed by atoms with van der Waals surface area (Å²) in [5.41, 5.74) is 3.74. The SMILES string of the molecule is C[C@@H]1Cc2c(C(=O)NCc3ccccc3CS(C)(=O)=O)nn(C)c2[C@H](C)O1. The third-order valence-electron chi connectivity index (χ3n) is 4.70. The summed E-state index contributed by atoms with van der Waals surface area (Å²) in [6, 6.07) is 7.22. The molecule has 1 amide bonds. The Morgan fingerprint density at radius 2 is 1.96 bits per heavy atom. The predicted molar refractivity (Wildman–Crippen MR) is 102 cm³/mol. The van der Waals surface area contributed by atoms with Crippen molar-refractivity contribution in [2.75, 3.05) is 6.26 Å². The first-order valence-electron chi connectivity index (χ1n) is 8.89. The van der Waals surface area contributed by atoms with E-state index in [4.69, 9.17) is 4.74 Å². The molecule has 2 atom stereocenters. The number of benzene rings is 1. The van der Waals surface area contributed by atoms with Crippen molar-refractivity contribution < 1.29 is 17.9 Å². The van der Waals surface area contributed by atoms with E-state index in [1.165, 1.54) is 6.26 Å². The summed E-state index contributed by atoms with van der Waals surface area (Å²) < 4.78 is 30.8. The molecule has 2 heterocycles. The molecule has 146 valence electrons. The summed E-state index contributed by atoms with van der Waals surface area (Å²) in [5.74, 6) is -0.313. The molecule has 1 aromatic heterocycles. The number of aromatic nitrogens is 2. The Morgan fingerprint density at radius 3 is 2.63 bits per heavy atom. The van der Waals surface area contributed by atoms with Crippen LogP contribution in [-0.4, -0.2) is 36.5 Å². The van der Waals surface area contributed by atoms with E-state index in [1.807, 2.05) is 33.0 Å². The highest BCUT2D eigenvalue weighted by molar-refractivity contribution is 7.89. The van der Waals surface area contributed by atoms with Crippen LogP contribution in [0.5, 0.6) is 0 Å². The van der Waals surface area contributed by atoms with E-state index in [1.54, 1.807) is 16.8 Å². The smallest absolute Gasteiger partial charge is 0.272 e. The van der Waals surface area contributed by atoms with Crippen molar-refractivity contribution in [3.05, 3.63) is 52.3 Å². The number of rotatable bonds is 5. The molecule has 1 aliphatic heterocycles. The Kier molecular flexibility index (Phi) is 5.39. The molecular formula is C19H25N3O4S. The molecule has 0 saturated carbocycles. The van der Waals surface area contributed by atoms with Gasteiger partial charge in [-0.15, -0.1) is 0 Å². The molecule has 0 aliphatic carbocycles. The Morgan fingerprint density at radius 1 is 1.30 bits per heavy atom. The second kappa shape index (κ2) is 7.44. The number of hydrogen-bond donors (Lipinski definition) is 1. The van der Waals surface area contributed by atoms with Crippen LogP contribution in [0.25, 0.3) is 0 Å².